The van der Waals surface area contributed by atoms with Crippen LogP contribution in [0, 0.1) is 18.8 Å². The molecule has 2 aliphatic rings. The molecule has 0 amide bonds. The van der Waals surface area contributed by atoms with Crippen molar-refractivity contribution in [2.24, 2.45) is 11.8 Å². The maximum absolute atomic E-state index is 15.2. The largest absolute Gasteiger partial charge is 0.488 e. The standard InChI is InChI=1S/C24H30F2N4O3/c1-14-6-5-7-16(12-14)15(2)18(31)11-10-17-19(32)13-20-23(17)24(25,26)21(33-20)8-3-4-9-22-27-29-30-28-22/h5-8,10-12,15,17-20,23,31-32H,3-4,9,13H2,1-2H3,(H,27,28,29,30)/t15?,17-,18+,19+,20-,23+/m0/s1. The van der Waals surface area contributed by atoms with Crippen molar-refractivity contribution in [2.75, 3.05) is 0 Å². The summed E-state index contributed by atoms with van der Waals surface area (Å²) in [6.07, 6.45) is 3.62. The van der Waals surface area contributed by atoms with Crippen molar-refractivity contribution in [1.82, 2.24) is 20.6 Å². The van der Waals surface area contributed by atoms with Gasteiger partial charge in [-0.1, -0.05) is 54.1 Å². The van der Waals surface area contributed by atoms with Crippen LogP contribution in [-0.4, -0.2) is 55.1 Å². The molecule has 2 aromatic rings. The van der Waals surface area contributed by atoms with Crippen LogP contribution in [0.4, 0.5) is 8.78 Å². The van der Waals surface area contributed by atoms with Gasteiger partial charge in [-0.3, -0.25) is 0 Å². The molecule has 0 radical (unpaired) electrons. The molecule has 33 heavy (non-hydrogen) atoms. The average molecular weight is 461 g/mol. The summed E-state index contributed by atoms with van der Waals surface area (Å²) in [5.74, 6) is -5.13. The predicted octanol–water partition coefficient (Wildman–Crippen LogP) is 3.47. The molecule has 4 rings (SSSR count). The predicted molar refractivity (Wildman–Crippen MR) is 117 cm³/mol. The summed E-state index contributed by atoms with van der Waals surface area (Å²) >= 11 is 0. The zero-order chi connectivity index (χ0) is 23.6. The van der Waals surface area contributed by atoms with Gasteiger partial charge in [-0.15, -0.1) is 10.2 Å². The van der Waals surface area contributed by atoms with E-state index in [0.29, 0.717) is 25.1 Å². The van der Waals surface area contributed by atoms with Crippen molar-refractivity contribution in [3.63, 3.8) is 0 Å². The summed E-state index contributed by atoms with van der Waals surface area (Å²) in [5.41, 5.74) is 2.06. The number of halogens is 2. The summed E-state index contributed by atoms with van der Waals surface area (Å²) in [7, 11) is 0. The lowest BCUT2D eigenvalue weighted by atomic mass is 9.86. The molecule has 1 saturated carbocycles. The van der Waals surface area contributed by atoms with Crippen LogP contribution in [0.25, 0.3) is 0 Å². The van der Waals surface area contributed by atoms with Crippen molar-refractivity contribution in [2.45, 2.75) is 69.7 Å². The van der Waals surface area contributed by atoms with E-state index in [4.69, 9.17) is 4.74 Å². The number of nitrogens with one attached hydrogen (secondary N) is 1. The molecule has 2 heterocycles. The second-order valence-electron chi connectivity index (χ2n) is 9.05. The Morgan fingerprint density at radius 2 is 2.18 bits per heavy atom. The number of aromatic nitrogens is 4. The lowest BCUT2D eigenvalue weighted by Gasteiger charge is -2.23. The third-order valence-corrected chi connectivity index (χ3v) is 6.69. The van der Waals surface area contributed by atoms with E-state index < -0.39 is 36.1 Å². The zero-order valence-electron chi connectivity index (χ0n) is 18.7. The van der Waals surface area contributed by atoms with E-state index in [1.54, 1.807) is 6.08 Å². The summed E-state index contributed by atoms with van der Waals surface area (Å²) in [5, 5.41) is 34.6. The Balaban J connectivity index is 1.41. The number of benzene rings is 1. The summed E-state index contributed by atoms with van der Waals surface area (Å²) in [4.78, 5) is 0. The molecule has 3 N–H and O–H groups in total. The van der Waals surface area contributed by atoms with Crippen LogP contribution >= 0.6 is 0 Å². The van der Waals surface area contributed by atoms with Gasteiger partial charge >= 0.3 is 5.92 Å². The van der Waals surface area contributed by atoms with Gasteiger partial charge in [0.1, 0.15) is 6.10 Å². The number of unbranched alkanes of at least 4 members (excludes halogenated alkanes) is 1. The average Bonchev–Trinajstić information content (AvgIpc) is 3.46. The molecule has 1 aromatic heterocycles. The highest BCUT2D eigenvalue weighted by atomic mass is 19.3. The van der Waals surface area contributed by atoms with Crippen LogP contribution in [0.1, 0.15) is 49.1 Å². The molecular formula is C24H30F2N4O3. The van der Waals surface area contributed by atoms with Crippen LogP contribution in [0.5, 0.6) is 0 Å². The number of aromatic amines is 1. The van der Waals surface area contributed by atoms with E-state index in [1.165, 1.54) is 12.2 Å². The van der Waals surface area contributed by atoms with Gasteiger partial charge in [0.25, 0.3) is 0 Å². The Labute approximate surface area is 191 Å². The Morgan fingerprint density at radius 3 is 2.91 bits per heavy atom. The van der Waals surface area contributed by atoms with E-state index >= 15 is 8.78 Å². The molecule has 9 heteroatoms. The highest BCUT2D eigenvalue weighted by Crippen LogP contribution is 2.54. The van der Waals surface area contributed by atoms with Crippen molar-refractivity contribution in [3.8, 4) is 0 Å². The van der Waals surface area contributed by atoms with Crippen molar-refractivity contribution < 1.29 is 23.7 Å². The number of allylic oxidation sites excluding steroid dienone is 2. The highest BCUT2D eigenvalue weighted by molar-refractivity contribution is 5.27. The smallest absolute Gasteiger partial charge is 0.310 e. The number of alkyl halides is 2. The topological polar surface area (TPSA) is 104 Å². The van der Waals surface area contributed by atoms with Gasteiger partial charge in [0.15, 0.2) is 11.6 Å². The summed E-state index contributed by atoms with van der Waals surface area (Å²) in [6.45, 7) is 3.87. The number of rotatable bonds is 8. The molecule has 2 fully saturated rings. The molecule has 1 aliphatic heterocycles. The molecule has 6 atom stereocenters. The zero-order valence-corrected chi connectivity index (χ0v) is 18.7. The fourth-order valence-electron chi connectivity index (χ4n) is 4.80. The molecule has 1 aliphatic carbocycles. The van der Waals surface area contributed by atoms with Crippen molar-refractivity contribution >= 4 is 0 Å². The number of hydrogen-bond acceptors (Lipinski definition) is 6. The van der Waals surface area contributed by atoms with E-state index in [9.17, 15) is 10.2 Å². The molecule has 1 unspecified atom stereocenters. The molecule has 1 saturated heterocycles. The second kappa shape index (κ2) is 9.69. The van der Waals surface area contributed by atoms with Crippen LogP contribution in [0.2, 0.25) is 0 Å². The first kappa shape index (κ1) is 23.5. The van der Waals surface area contributed by atoms with Crippen LogP contribution < -0.4 is 0 Å². The minimum Gasteiger partial charge on any atom is -0.488 e. The maximum Gasteiger partial charge on any atom is 0.310 e. The molecular weight excluding hydrogens is 430 g/mol. The molecule has 0 bridgehead atoms. The first-order chi connectivity index (χ1) is 15.8. The fraction of sp³-hybridized carbons (Fsp3) is 0.542. The SMILES string of the molecule is Cc1cccc(C(C)[C@H](O)C=C[C@@H]2[C@@H]3[C@H](C[C@H]2O)OC(=CCCCc2nn[nH]n2)C3(F)F)c1. The molecule has 1 aromatic carbocycles. The number of nitrogens with zero attached hydrogens (tertiary/aromatic N) is 3. The molecule has 0 spiro atoms. The number of aryl methyl sites for hydroxylation is 2. The number of fused-ring (bicyclic) bond motifs is 1. The van der Waals surface area contributed by atoms with Crippen LogP contribution in [0.15, 0.2) is 48.3 Å². The van der Waals surface area contributed by atoms with Gasteiger partial charge in [-0.05, 0) is 31.4 Å². The number of tetrazole rings is 1. The van der Waals surface area contributed by atoms with E-state index in [1.807, 2.05) is 38.1 Å². The Morgan fingerprint density at radius 1 is 1.36 bits per heavy atom. The van der Waals surface area contributed by atoms with Gasteiger partial charge in [-0.25, -0.2) is 0 Å². The Kier molecular flexibility index (Phi) is 6.90. The van der Waals surface area contributed by atoms with Crippen molar-refractivity contribution in [3.05, 3.63) is 65.2 Å². The lowest BCUT2D eigenvalue weighted by Crippen LogP contribution is -2.33. The third kappa shape index (κ3) is 4.99. The van der Waals surface area contributed by atoms with Gasteiger partial charge in [0.2, 0.25) is 0 Å². The number of aliphatic hydroxyl groups excluding tert-OH is 2. The second-order valence-corrected chi connectivity index (χ2v) is 9.05. The minimum absolute atomic E-state index is 0.138. The number of ether oxygens (including phenoxy) is 1. The minimum atomic E-state index is -3.18. The maximum atomic E-state index is 15.2. The van der Waals surface area contributed by atoms with E-state index in [-0.39, 0.29) is 18.1 Å². The summed E-state index contributed by atoms with van der Waals surface area (Å²) in [6, 6.07) is 7.84. The van der Waals surface area contributed by atoms with Crippen molar-refractivity contribution in [1.29, 1.82) is 0 Å². The molecule has 178 valence electrons. The van der Waals surface area contributed by atoms with Gasteiger partial charge in [0, 0.05) is 24.7 Å². The number of hydrogen-bond donors (Lipinski definition) is 3. The first-order valence-electron chi connectivity index (χ1n) is 11.4. The highest BCUT2D eigenvalue weighted by Gasteiger charge is 2.63. The van der Waals surface area contributed by atoms with Gasteiger partial charge < -0.3 is 14.9 Å². The van der Waals surface area contributed by atoms with Gasteiger partial charge in [0.05, 0.1) is 18.1 Å². The van der Waals surface area contributed by atoms with Crippen LogP contribution in [-0.2, 0) is 11.2 Å². The number of H-pyrrole nitrogens is 1. The Bertz CT molecular complexity index is 995. The summed E-state index contributed by atoms with van der Waals surface area (Å²) < 4.78 is 36.1. The number of aliphatic hydroxyl groups is 2. The molecule has 7 nitrogen and oxygen atoms in total. The lowest BCUT2D eigenvalue weighted by molar-refractivity contribution is -0.0273. The normalized spacial score (nSPS) is 29.3. The Hall–Kier alpha value is -2.65. The monoisotopic (exact) mass is 460 g/mol. The van der Waals surface area contributed by atoms with Gasteiger partial charge in [-0.2, -0.15) is 14.0 Å². The first-order valence-corrected chi connectivity index (χ1v) is 11.4. The van der Waals surface area contributed by atoms with E-state index in [0.717, 1.165) is 11.1 Å². The van der Waals surface area contributed by atoms with E-state index in [2.05, 4.69) is 20.6 Å². The van der Waals surface area contributed by atoms with Crippen LogP contribution in [0.3, 0.4) is 0 Å². The quantitative estimate of drug-likeness (QED) is 0.412. The fourth-order valence-corrected chi connectivity index (χ4v) is 4.80. The third-order valence-electron chi connectivity index (χ3n) is 6.69.